The number of benzene rings is 4. The van der Waals surface area contributed by atoms with Gasteiger partial charge in [0.1, 0.15) is 29.3 Å². The van der Waals surface area contributed by atoms with Crippen LogP contribution in [-0.4, -0.2) is 109 Å². The number of halogens is 4. The number of sulfonamides is 2. The Morgan fingerprint density at radius 1 is 0.608 bits per heavy atom. The Morgan fingerprint density at radius 2 is 0.962 bits per heavy atom. The van der Waals surface area contributed by atoms with Crippen molar-refractivity contribution in [3.05, 3.63) is 130 Å². The van der Waals surface area contributed by atoms with Crippen molar-refractivity contribution in [3.8, 4) is 0 Å². The smallest absolute Gasteiger partial charge is 0.408 e. The minimum absolute atomic E-state index is 0.0552. The number of esters is 2. The summed E-state index contributed by atoms with van der Waals surface area (Å²) in [6.07, 6.45) is 0.628. The number of alkyl carbamates (subject to hydrolysis) is 1. The minimum Gasteiger partial charge on any atom is -0.467 e. The summed E-state index contributed by atoms with van der Waals surface area (Å²) in [5.74, 6) is -3.56. The Balaban J connectivity index is 0.000000232. The van der Waals surface area contributed by atoms with Crippen LogP contribution in [0.1, 0.15) is 98.1 Å². The van der Waals surface area contributed by atoms with E-state index in [0.29, 0.717) is 11.1 Å². The fourth-order valence-electron chi connectivity index (χ4n) is 11.1. The maximum absolute atomic E-state index is 14.3. The van der Waals surface area contributed by atoms with Crippen molar-refractivity contribution in [2.45, 2.75) is 150 Å². The zero-order valence-electron chi connectivity index (χ0n) is 45.2. The molecule has 0 saturated heterocycles. The second-order valence-corrected chi connectivity index (χ2v) is 27.8. The van der Waals surface area contributed by atoms with Crippen molar-refractivity contribution in [2.75, 3.05) is 14.2 Å². The highest BCUT2D eigenvalue weighted by Gasteiger charge is 2.76. The molecule has 2 atom stereocenters. The number of hydrogen-bond donors (Lipinski definition) is 4. The lowest BCUT2D eigenvalue weighted by Gasteiger charge is -2.72. The van der Waals surface area contributed by atoms with Crippen molar-refractivity contribution in [2.24, 2.45) is 16.6 Å². The van der Waals surface area contributed by atoms with Crippen LogP contribution in [0, 0.1) is 22.5 Å². The molecule has 5 N–H and O–H groups in total. The molecular formula is C55H66Cl2F2N6O12S2. The van der Waals surface area contributed by atoms with Crippen LogP contribution in [0.4, 0.5) is 13.6 Å². The summed E-state index contributed by atoms with van der Waals surface area (Å²) >= 11 is 11.6. The molecular weight excluding hydrogens is 1110 g/mol. The molecule has 6 fully saturated rings. The van der Waals surface area contributed by atoms with Crippen LogP contribution in [0.25, 0.3) is 0 Å². The fourth-order valence-corrected chi connectivity index (χ4v) is 14.9. The molecule has 6 saturated carbocycles. The highest BCUT2D eigenvalue weighted by Crippen LogP contribution is 2.72. The molecule has 0 aromatic heterocycles. The van der Waals surface area contributed by atoms with E-state index in [1.54, 1.807) is 97.0 Å². The maximum Gasteiger partial charge on any atom is 0.408 e. The van der Waals surface area contributed by atoms with Crippen LogP contribution in [0.2, 0.25) is 10.0 Å². The van der Waals surface area contributed by atoms with Gasteiger partial charge in [0.2, 0.25) is 31.9 Å². The van der Waals surface area contributed by atoms with Gasteiger partial charge in [-0.3, -0.25) is 9.59 Å². The summed E-state index contributed by atoms with van der Waals surface area (Å²) in [6.45, 7) is 11.2. The SMILES string of the molecule is COC(=O)[C@H](NC(=O)C12CC(N(Cc3ccc(Cl)c(F)c3)S(=O)(=O)c3ccccc3)(C1)C2)C(C)(C)N.COC(=O)[C@H](NC(=O)C12CC(N(Cc3ccc(Cl)c(F)c3)S(=O)(=O)c3ccccc3)(C1)C2)C(C)(C)NC(=O)OC(C)(C)C. The minimum atomic E-state index is -4.04. The largest absolute Gasteiger partial charge is 0.467 e. The molecule has 6 aliphatic carbocycles. The lowest BCUT2D eigenvalue weighted by Crippen LogP contribution is -2.79. The molecule has 428 valence electrons. The van der Waals surface area contributed by atoms with Gasteiger partial charge in [0.25, 0.3) is 0 Å². The van der Waals surface area contributed by atoms with Gasteiger partial charge in [0.15, 0.2) is 0 Å². The summed E-state index contributed by atoms with van der Waals surface area (Å²) in [6, 6.07) is 21.9. The van der Waals surface area contributed by atoms with Crippen LogP contribution in [0.5, 0.6) is 0 Å². The molecule has 4 aromatic carbocycles. The molecule has 4 aromatic rings. The van der Waals surface area contributed by atoms with Crippen LogP contribution in [0.3, 0.4) is 0 Å². The van der Waals surface area contributed by atoms with Gasteiger partial charge in [-0.25, -0.2) is 40.0 Å². The van der Waals surface area contributed by atoms with E-state index >= 15 is 0 Å². The maximum atomic E-state index is 14.3. The number of rotatable bonds is 19. The Labute approximate surface area is 469 Å². The number of nitrogens with zero attached hydrogens (tertiary/aromatic N) is 2. The lowest BCUT2D eigenvalue weighted by molar-refractivity contribution is -0.203. The first-order valence-electron chi connectivity index (χ1n) is 25.2. The fraction of sp³-hybridized carbons (Fsp3) is 0.473. The number of amides is 3. The van der Waals surface area contributed by atoms with Gasteiger partial charge in [-0.05, 0) is 147 Å². The van der Waals surface area contributed by atoms with E-state index in [2.05, 4.69) is 16.0 Å². The van der Waals surface area contributed by atoms with Crippen molar-refractivity contribution < 1.29 is 63.8 Å². The molecule has 0 radical (unpaired) electrons. The summed E-state index contributed by atoms with van der Waals surface area (Å²) < 4.78 is 101. The number of methoxy groups -OCH3 is 2. The predicted octanol–water partition coefficient (Wildman–Crippen LogP) is 7.54. The predicted molar refractivity (Wildman–Crippen MR) is 289 cm³/mol. The van der Waals surface area contributed by atoms with Gasteiger partial charge in [-0.15, -0.1) is 0 Å². The standard InChI is InChI=1S/C30H37ClFN3O7S.C25H29ClFN3O5S/c1-27(2,3)42-26(38)34-28(4,5)23(24(36)41-6)33-25(37)29-16-30(17-29,18-29)35(15-19-12-13-21(31)22(32)14-19)43(39,40)20-10-8-7-9-11-20;1-23(2,28)20(21(31)35-3)29-22(32)24-13-25(14-24,15-24)30(12-16-9-10-18(26)19(27)11-16)36(33,34)17-7-5-4-6-8-17/h7-14,23H,15-18H2,1-6H3,(H,33,37)(H,34,38);4-11,20H,12-15,28H2,1-3H3,(H,29,32)/t23-,29?,30?;20-,24?,25?/m00/s1. The van der Waals surface area contributed by atoms with Crippen LogP contribution < -0.4 is 21.7 Å². The summed E-state index contributed by atoms with van der Waals surface area (Å²) in [4.78, 5) is 64.4. The third kappa shape index (κ3) is 12.3. The summed E-state index contributed by atoms with van der Waals surface area (Å²) in [7, 11) is -5.61. The van der Waals surface area contributed by atoms with E-state index in [0.717, 1.165) is 0 Å². The van der Waals surface area contributed by atoms with E-state index in [4.69, 9.17) is 43.1 Å². The van der Waals surface area contributed by atoms with Gasteiger partial charge in [-0.1, -0.05) is 71.7 Å². The number of nitrogens with two attached hydrogens (primary N) is 1. The highest BCUT2D eigenvalue weighted by molar-refractivity contribution is 7.89. The Kier molecular flexibility index (Phi) is 16.9. The topological polar surface area (TPSA) is 250 Å². The zero-order chi connectivity index (χ0) is 58.5. The average molecular weight is 1180 g/mol. The van der Waals surface area contributed by atoms with Crippen molar-refractivity contribution in [1.29, 1.82) is 0 Å². The molecule has 6 aliphatic rings. The third-order valence-electron chi connectivity index (χ3n) is 15.0. The number of ether oxygens (including phenoxy) is 3. The zero-order valence-corrected chi connectivity index (χ0v) is 48.4. The third-order valence-corrected chi connectivity index (χ3v) is 19.6. The molecule has 0 unspecified atom stereocenters. The highest BCUT2D eigenvalue weighted by atomic mass is 35.5. The Bertz CT molecular complexity index is 3210. The molecule has 0 spiro atoms. The van der Waals surface area contributed by atoms with Crippen LogP contribution in [0.15, 0.2) is 107 Å². The molecule has 24 heteroatoms. The first-order chi connectivity index (χ1) is 36.6. The first kappa shape index (κ1) is 60.9. The van der Waals surface area contributed by atoms with Crippen molar-refractivity contribution in [1.82, 2.24) is 24.6 Å². The summed E-state index contributed by atoms with van der Waals surface area (Å²) in [5.41, 5.74) is 0.358. The second kappa shape index (κ2) is 22.0. The van der Waals surface area contributed by atoms with Crippen molar-refractivity contribution in [3.63, 3.8) is 0 Å². The number of hydrogen-bond acceptors (Lipinski definition) is 13. The number of carbonyl (C=O) groups is 5. The van der Waals surface area contributed by atoms with Gasteiger partial charge in [0.05, 0.1) is 50.4 Å². The van der Waals surface area contributed by atoms with Gasteiger partial charge in [0, 0.05) is 29.7 Å². The molecule has 79 heavy (non-hydrogen) atoms. The van der Waals surface area contributed by atoms with E-state index in [1.807, 2.05) is 0 Å². The molecule has 0 aliphatic heterocycles. The van der Waals surface area contributed by atoms with E-state index in [-0.39, 0.29) is 77.4 Å². The van der Waals surface area contributed by atoms with Gasteiger partial charge in [-0.2, -0.15) is 8.61 Å². The number of carbonyl (C=O) groups excluding carboxylic acids is 5. The molecule has 18 nitrogen and oxygen atoms in total. The molecule has 10 rings (SSSR count). The normalized spacial score (nSPS) is 22.9. The van der Waals surface area contributed by atoms with Crippen LogP contribution >= 0.6 is 23.2 Å². The van der Waals surface area contributed by atoms with Gasteiger partial charge >= 0.3 is 18.0 Å². The summed E-state index contributed by atoms with van der Waals surface area (Å²) in [5, 5.41) is 7.93. The van der Waals surface area contributed by atoms with E-state index in [1.165, 1.54) is 71.4 Å². The lowest BCUT2D eigenvalue weighted by atomic mass is 9.39. The molecule has 3 amide bonds. The van der Waals surface area contributed by atoms with Gasteiger partial charge < -0.3 is 35.9 Å². The monoisotopic (exact) mass is 1170 g/mol. The number of nitrogens with one attached hydrogen (secondary N) is 3. The molecule has 4 bridgehead atoms. The first-order valence-corrected chi connectivity index (χ1v) is 28.8. The van der Waals surface area contributed by atoms with Crippen LogP contribution in [-0.2, 0) is 66.5 Å². The van der Waals surface area contributed by atoms with E-state index in [9.17, 15) is 49.6 Å². The Hall–Kier alpha value is -5.75. The van der Waals surface area contributed by atoms with E-state index < -0.39 is 106 Å². The average Bonchev–Trinajstić information content (AvgIpc) is 3.39. The Morgan fingerprint density at radius 3 is 1.29 bits per heavy atom. The quantitative estimate of drug-likeness (QED) is 0.0524. The second-order valence-electron chi connectivity index (χ2n) is 23.2. The van der Waals surface area contributed by atoms with Crippen molar-refractivity contribution >= 4 is 73.1 Å². The molecule has 0 heterocycles.